The van der Waals surface area contributed by atoms with Crippen LogP contribution in [0.1, 0.15) is 11.5 Å². The van der Waals surface area contributed by atoms with Gasteiger partial charge in [0.15, 0.2) is 0 Å². The highest BCUT2D eigenvalue weighted by molar-refractivity contribution is 5.36. The average molecular weight is 220 g/mol. The molecule has 2 aromatic heterocycles. The number of hydrogen-bond acceptors (Lipinski definition) is 5. The second kappa shape index (κ2) is 4.05. The number of aromatic nitrogens is 4. The van der Waals surface area contributed by atoms with E-state index in [2.05, 4.69) is 25.3 Å². The molecule has 5 N–H and O–H groups in total. The smallest absolute Gasteiger partial charge is 0.275 e. The number of nitrogens with one attached hydrogen (secondary N) is 3. The molecule has 84 valence electrons. The summed E-state index contributed by atoms with van der Waals surface area (Å²) in [5.74, 6) is 1.14. The van der Waals surface area contributed by atoms with Crippen molar-refractivity contribution in [2.75, 3.05) is 11.1 Å². The van der Waals surface area contributed by atoms with E-state index in [9.17, 15) is 4.79 Å². The van der Waals surface area contributed by atoms with Crippen LogP contribution in [0, 0.1) is 6.92 Å². The molecule has 0 bridgehead atoms. The van der Waals surface area contributed by atoms with Crippen LogP contribution in [0.15, 0.2) is 17.2 Å². The van der Waals surface area contributed by atoms with E-state index >= 15 is 0 Å². The van der Waals surface area contributed by atoms with Crippen LogP contribution in [-0.4, -0.2) is 19.9 Å². The van der Waals surface area contributed by atoms with E-state index in [0.717, 1.165) is 11.5 Å². The molecule has 0 unspecified atom stereocenters. The summed E-state index contributed by atoms with van der Waals surface area (Å²) in [6.45, 7) is 2.38. The molecule has 0 radical (unpaired) electrons. The summed E-state index contributed by atoms with van der Waals surface area (Å²) in [6, 6.07) is 0. The van der Waals surface area contributed by atoms with E-state index in [0.29, 0.717) is 12.5 Å². The molecule has 2 aromatic rings. The first-order valence-electron chi connectivity index (χ1n) is 4.74. The van der Waals surface area contributed by atoms with Gasteiger partial charge in [0.1, 0.15) is 11.5 Å². The van der Waals surface area contributed by atoms with Gasteiger partial charge in [-0.1, -0.05) is 0 Å². The lowest BCUT2D eigenvalue weighted by atomic mass is 10.5. The van der Waals surface area contributed by atoms with Gasteiger partial charge in [-0.25, -0.2) is 9.97 Å². The van der Waals surface area contributed by atoms with Crippen molar-refractivity contribution in [3.05, 3.63) is 34.3 Å². The maximum atomic E-state index is 11.2. The Bertz CT molecular complexity index is 543. The molecule has 0 fully saturated rings. The molecule has 0 atom stereocenters. The highest BCUT2D eigenvalue weighted by Gasteiger charge is 2.00. The Kier molecular flexibility index (Phi) is 2.59. The Morgan fingerprint density at radius 1 is 1.38 bits per heavy atom. The zero-order chi connectivity index (χ0) is 11.5. The third kappa shape index (κ3) is 2.19. The number of hydrogen-bond donors (Lipinski definition) is 4. The molecule has 16 heavy (non-hydrogen) atoms. The lowest BCUT2D eigenvalue weighted by Crippen LogP contribution is -2.16. The van der Waals surface area contributed by atoms with Crippen LogP contribution in [0.25, 0.3) is 0 Å². The predicted octanol–water partition coefficient (Wildman–Crippen LogP) is -0.00428. The molecule has 2 rings (SSSR count). The number of rotatable bonds is 3. The molecule has 2 heterocycles. The summed E-state index contributed by atoms with van der Waals surface area (Å²) in [5, 5.41) is 2.93. The molecule has 0 spiro atoms. The van der Waals surface area contributed by atoms with E-state index in [4.69, 9.17) is 5.73 Å². The normalized spacial score (nSPS) is 10.3. The number of imidazole rings is 1. The maximum absolute atomic E-state index is 11.2. The fourth-order valence-corrected chi connectivity index (χ4v) is 1.22. The van der Waals surface area contributed by atoms with Crippen LogP contribution in [0.2, 0.25) is 0 Å². The van der Waals surface area contributed by atoms with Crippen molar-refractivity contribution >= 4 is 11.6 Å². The Hall–Kier alpha value is -2.31. The monoisotopic (exact) mass is 220 g/mol. The van der Waals surface area contributed by atoms with Gasteiger partial charge in [0.25, 0.3) is 5.56 Å². The molecular formula is C9H12N6O. The van der Waals surface area contributed by atoms with Crippen molar-refractivity contribution in [2.45, 2.75) is 13.5 Å². The summed E-state index contributed by atoms with van der Waals surface area (Å²) < 4.78 is 0. The average Bonchev–Trinajstić information content (AvgIpc) is 2.66. The van der Waals surface area contributed by atoms with Gasteiger partial charge in [-0.2, -0.15) is 0 Å². The molecule has 0 aliphatic rings. The van der Waals surface area contributed by atoms with Crippen LogP contribution in [-0.2, 0) is 6.54 Å². The van der Waals surface area contributed by atoms with Crippen molar-refractivity contribution < 1.29 is 0 Å². The number of nitrogen functional groups attached to an aromatic ring is 1. The number of H-pyrrole nitrogens is 2. The Morgan fingerprint density at radius 2 is 2.19 bits per heavy atom. The van der Waals surface area contributed by atoms with Crippen LogP contribution < -0.4 is 16.6 Å². The highest BCUT2D eigenvalue weighted by atomic mass is 16.1. The maximum Gasteiger partial charge on any atom is 0.275 e. The zero-order valence-electron chi connectivity index (χ0n) is 8.74. The predicted molar refractivity (Wildman–Crippen MR) is 59.9 cm³/mol. The van der Waals surface area contributed by atoms with Crippen molar-refractivity contribution in [1.29, 1.82) is 0 Å². The standard InChI is InChI=1S/C9H12N6O/c1-5-2-11-7(14-5)4-13-9-12-3-6(10)8(16)15-9/h2-3H,4,10H2,1H3,(H,11,14)(H2,12,13,15,16). The van der Waals surface area contributed by atoms with Crippen molar-refractivity contribution in [1.82, 2.24) is 19.9 Å². The number of aromatic amines is 2. The van der Waals surface area contributed by atoms with Gasteiger partial charge in [0.05, 0.1) is 12.7 Å². The second-order valence-electron chi connectivity index (χ2n) is 3.38. The van der Waals surface area contributed by atoms with E-state index in [1.807, 2.05) is 6.92 Å². The van der Waals surface area contributed by atoms with E-state index in [-0.39, 0.29) is 11.2 Å². The Morgan fingerprint density at radius 3 is 2.81 bits per heavy atom. The van der Waals surface area contributed by atoms with E-state index in [1.54, 1.807) is 6.20 Å². The molecule has 7 nitrogen and oxygen atoms in total. The fourth-order valence-electron chi connectivity index (χ4n) is 1.22. The van der Waals surface area contributed by atoms with Gasteiger partial charge in [-0.3, -0.25) is 9.78 Å². The zero-order valence-corrected chi connectivity index (χ0v) is 8.74. The first-order valence-corrected chi connectivity index (χ1v) is 4.74. The first-order chi connectivity index (χ1) is 7.65. The molecular weight excluding hydrogens is 208 g/mol. The fraction of sp³-hybridized carbons (Fsp3) is 0.222. The van der Waals surface area contributed by atoms with Gasteiger partial charge in [-0.05, 0) is 6.92 Å². The third-order valence-corrected chi connectivity index (χ3v) is 2.01. The van der Waals surface area contributed by atoms with E-state index < -0.39 is 0 Å². The summed E-state index contributed by atoms with van der Waals surface area (Å²) in [6.07, 6.45) is 3.05. The molecule has 0 saturated carbocycles. The minimum atomic E-state index is -0.354. The van der Waals surface area contributed by atoms with Gasteiger partial charge in [-0.15, -0.1) is 0 Å². The highest BCUT2D eigenvalue weighted by Crippen LogP contribution is 2.00. The number of aryl methyl sites for hydroxylation is 1. The van der Waals surface area contributed by atoms with Gasteiger partial charge in [0.2, 0.25) is 5.95 Å². The quantitative estimate of drug-likeness (QED) is 0.581. The lowest BCUT2D eigenvalue weighted by Gasteiger charge is -2.02. The van der Waals surface area contributed by atoms with Crippen LogP contribution >= 0.6 is 0 Å². The molecule has 0 aliphatic carbocycles. The van der Waals surface area contributed by atoms with Crippen molar-refractivity contribution in [3.63, 3.8) is 0 Å². The number of nitrogens with two attached hydrogens (primary N) is 1. The number of nitrogens with zero attached hydrogens (tertiary/aromatic N) is 2. The molecule has 0 aromatic carbocycles. The molecule has 0 aliphatic heterocycles. The van der Waals surface area contributed by atoms with E-state index in [1.165, 1.54) is 6.20 Å². The summed E-state index contributed by atoms with van der Waals surface area (Å²) >= 11 is 0. The Balaban J connectivity index is 2.05. The minimum Gasteiger partial charge on any atom is -0.393 e. The van der Waals surface area contributed by atoms with Gasteiger partial charge >= 0.3 is 0 Å². The summed E-state index contributed by atoms with van der Waals surface area (Å²) in [7, 11) is 0. The van der Waals surface area contributed by atoms with Crippen LogP contribution in [0.4, 0.5) is 11.6 Å². The molecule has 7 heteroatoms. The van der Waals surface area contributed by atoms with Gasteiger partial charge in [0, 0.05) is 11.9 Å². The first kappa shape index (κ1) is 10.2. The van der Waals surface area contributed by atoms with Gasteiger partial charge < -0.3 is 16.0 Å². The van der Waals surface area contributed by atoms with Crippen molar-refractivity contribution in [3.8, 4) is 0 Å². The lowest BCUT2D eigenvalue weighted by molar-refractivity contribution is 0.958. The van der Waals surface area contributed by atoms with Crippen molar-refractivity contribution in [2.24, 2.45) is 0 Å². The summed E-state index contributed by atoms with van der Waals surface area (Å²) in [5.41, 5.74) is 6.07. The number of anilines is 2. The van der Waals surface area contributed by atoms with Crippen LogP contribution in [0.3, 0.4) is 0 Å². The molecule has 0 saturated heterocycles. The van der Waals surface area contributed by atoms with Crippen LogP contribution in [0.5, 0.6) is 0 Å². The molecule has 0 amide bonds. The largest absolute Gasteiger partial charge is 0.393 e. The SMILES string of the molecule is Cc1cnc(CNc2ncc(N)c(=O)[nH]2)[nH]1. The second-order valence-corrected chi connectivity index (χ2v) is 3.38. The Labute approximate surface area is 91.1 Å². The summed E-state index contributed by atoms with van der Waals surface area (Å²) in [4.78, 5) is 24.8. The third-order valence-electron chi connectivity index (χ3n) is 2.01. The topological polar surface area (TPSA) is 112 Å². The minimum absolute atomic E-state index is 0.0967.